The van der Waals surface area contributed by atoms with E-state index in [2.05, 4.69) is 25.1 Å². The van der Waals surface area contributed by atoms with Crippen LogP contribution < -0.4 is 0 Å². The maximum atomic E-state index is 13.2. The molecule has 5 aliphatic rings. The molecule has 0 radical (unpaired) electrons. The number of rotatable bonds is 4. The highest BCUT2D eigenvalue weighted by Gasteiger charge is 2.75. The van der Waals surface area contributed by atoms with E-state index in [0.29, 0.717) is 11.8 Å². The van der Waals surface area contributed by atoms with Gasteiger partial charge in [0.2, 0.25) is 5.60 Å². The van der Waals surface area contributed by atoms with Crippen LogP contribution in [-0.2, 0) is 28.7 Å². The van der Waals surface area contributed by atoms with Crippen molar-refractivity contribution >= 4 is 23.4 Å². The summed E-state index contributed by atoms with van der Waals surface area (Å²) >= 11 is 0. The van der Waals surface area contributed by atoms with Crippen molar-refractivity contribution in [3.63, 3.8) is 0 Å². The Morgan fingerprint density at radius 3 is 2.59 bits per heavy atom. The summed E-state index contributed by atoms with van der Waals surface area (Å²) in [7, 11) is 0. The Labute approximate surface area is 201 Å². The molecule has 0 N–H and O–H groups in total. The van der Waals surface area contributed by atoms with Crippen LogP contribution in [0.2, 0.25) is 0 Å². The molecule has 0 unspecified atom stereocenters. The largest absolute Gasteiger partial charge is 0.462 e. The Kier molecular flexibility index (Phi) is 5.49. The van der Waals surface area contributed by atoms with Gasteiger partial charge < -0.3 is 14.3 Å². The first kappa shape index (κ1) is 23.6. The van der Waals surface area contributed by atoms with E-state index < -0.39 is 11.6 Å². The summed E-state index contributed by atoms with van der Waals surface area (Å²) in [5.41, 5.74) is 0.339. The molecule has 1 aliphatic heterocycles. The fourth-order valence-corrected chi connectivity index (χ4v) is 8.75. The van der Waals surface area contributed by atoms with Crippen LogP contribution >= 0.6 is 0 Å². The lowest BCUT2D eigenvalue weighted by atomic mass is 9.46. The standard InChI is InChI=1S/C27H37NO6/c1-6-32-24(31)23-22-14-21-19-8-7-17-13-18(33-16(3)30)9-11-25(17,4)20(19)10-12-26(21,5)27(22,15(2)29)34-28-23/h7,18-22H,6,8-14H2,1-5H3/t18-,19-,20+,21+,22-,25-,26+,27-/m0/s1. The maximum absolute atomic E-state index is 13.2. The number of esters is 2. The molecule has 0 spiro atoms. The van der Waals surface area contributed by atoms with Crippen molar-refractivity contribution in [2.45, 2.75) is 91.3 Å². The first-order valence-corrected chi connectivity index (χ1v) is 12.9. The van der Waals surface area contributed by atoms with Crippen molar-refractivity contribution in [3.8, 4) is 0 Å². The number of carbonyl (C=O) groups is 3. The highest BCUT2D eigenvalue weighted by atomic mass is 16.7. The van der Waals surface area contributed by atoms with Crippen LogP contribution in [0.4, 0.5) is 0 Å². The van der Waals surface area contributed by atoms with Crippen LogP contribution in [0.25, 0.3) is 0 Å². The Balaban J connectivity index is 1.47. The zero-order valence-corrected chi connectivity index (χ0v) is 21.0. The topological polar surface area (TPSA) is 91.3 Å². The smallest absolute Gasteiger partial charge is 0.356 e. The highest BCUT2D eigenvalue weighted by Crippen LogP contribution is 2.70. The molecular weight excluding hydrogens is 434 g/mol. The molecule has 186 valence electrons. The van der Waals surface area contributed by atoms with Gasteiger partial charge in [-0.3, -0.25) is 9.59 Å². The van der Waals surface area contributed by atoms with Gasteiger partial charge in [0.05, 0.1) is 12.5 Å². The molecule has 0 bridgehead atoms. The molecule has 0 amide bonds. The zero-order valence-electron chi connectivity index (χ0n) is 21.0. The molecule has 7 nitrogen and oxygen atoms in total. The molecule has 8 atom stereocenters. The number of Topliss-reactive ketones (excluding diaryl/α,β-unsaturated/α-hetero) is 1. The molecule has 0 saturated heterocycles. The minimum atomic E-state index is -1.08. The number of ether oxygens (including phenoxy) is 2. The third kappa shape index (κ3) is 3.00. The van der Waals surface area contributed by atoms with Gasteiger partial charge in [-0.25, -0.2) is 4.79 Å². The van der Waals surface area contributed by atoms with E-state index in [4.69, 9.17) is 14.3 Å². The average molecular weight is 472 g/mol. The number of hydrogen-bond acceptors (Lipinski definition) is 7. The van der Waals surface area contributed by atoms with Crippen molar-refractivity contribution in [1.29, 1.82) is 0 Å². The van der Waals surface area contributed by atoms with Crippen molar-refractivity contribution in [1.82, 2.24) is 0 Å². The number of carbonyl (C=O) groups excluding carboxylic acids is 3. The summed E-state index contributed by atoms with van der Waals surface area (Å²) in [5, 5.41) is 4.15. The molecule has 4 aliphatic carbocycles. The number of nitrogens with zero attached hydrogens (tertiary/aromatic N) is 1. The molecule has 3 saturated carbocycles. The highest BCUT2D eigenvalue weighted by molar-refractivity contribution is 6.38. The fraction of sp³-hybridized carbons (Fsp3) is 0.778. The predicted octanol–water partition coefficient (Wildman–Crippen LogP) is 4.38. The lowest BCUT2D eigenvalue weighted by Crippen LogP contribution is -2.59. The van der Waals surface area contributed by atoms with E-state index in [1.165, 1.54) is 12.5 Å². The second kappa shape index (κ2) is 7.92. The van der Waals surface area contributed by atoms with Crippen LogP contribution in [0.15, 0.2) is 16.8 Å². The Bertz CT molecular complexity index is 986. The van der Waals surface area contributed by atoms with Crippen molar-refractivity contribution in [2.24, 2.45) is 39.7 Å². The SMILES string of the molecule is CCOC(=O)C1=NO[C@@]2(C(C)=O)[C@H]1C[C@@H]1[C@H]3CC=C4C[C@@H](OC(C)=O)CC[C@]4(C)[C@@H]3CC[C@]12C. The van der Waals surface area contributed by atoms with Crippen LogP contribution in [0.1, 0.15) is 79.6 Å². The van der Waals surface area contributed by atoms with Crippen LogP contribution in [-0.4, -0.2) is 41.7 Å². The first-order valence-electron chi connectivity index (χ1n) is 12.9. The Morgan fingerprint density at radius 1 is 1.15 bits per heavy atom. The lowest BCUT2D eigenvalue weighted by Gasteiger charge is -2.58. The monoisotopic (exact) mass is 471 g/mol. The number of allylic oxidation sites excluding steroid dienone is 1. The fourth-order valence-electron chi connectivity index (χ4n) is 8.75. The molecular formula is C27H37NO6. The predicted molar refractivity (Wildman–Crippen MR) is 125 cm³/mol. The van der Waals surface area contributed by atoms with Crippen LogP contribution in [0, 0.1) is 34.5 Å². The molecule has 5 rings (SSSR count). The van der Waals surface area contributed by atoms with Gasteiger partial charge in [-0.1, -0.05) is 30.7 Å². The minimum absolute atomic E-state index is 0.0224. The van der Waals surface area contributed by atoms with Crippen LogP contribution in [0.5, 0.6) is 0 Å². The molecule has 7 heteroatoms. The van der Waals surface area contributed by atoms with Gasteiger partial charge in [0.1, 0.15) is 6.10 Å². The summed E-state index contributed by atoms with van der Waals surface area (Å²) in [6, 6.07) is 0. The first-order chi connectivity index (χ1) is 16.1. The van der Waals surface area contributed by atoms with Gasteiger partial charge in [-0.15, -0.1) is 0 Å². The molecule has 0 aromatic heterocycles. The van der Waals surface area contributed by atoms with Crippen molar-refractivity contribution in [2.75, 3.05) is 6.61 Å². The zero-order chi connectivity index (χ0) is 24.5. The van der Waals surface area contributed by atoms with E-state index in [1.54, 1.807) is 13.8 Å². The van der Waals surface area contributed by atoms with Crippen LogP contribution in [0.3, 0.4) is 0 Å². The normalized spacial score (nSPS) is 44.3. The van der Waals surface area contributed by atoms with E-state index in [1.807, 2.05) is 0 Å². The number of ketones is 1. The van der Waals surface area contributed by atoms with Gasteiger partial charge in [-0.2, -0.15) is 0 Å². The maximum Gasteiger partial charge on any atom is 0.356 e. The van der Waals surface area contributed by atoms with E-state index in [0.717, 1.165) is 44.9 Å². The van der Waals surface area contributed by atoms with Crippen molar-refractivity contribution < 1.29 is 28.7 Å². The third-order valence-corrected chi connectivity index (χ3v) is 10.2. The number of oxime groups is 1. The number of hydrogen-bond donors (Lipinski definition) is 0. The van der Waals surface area contributed by atoms with Gasteiger partial charge in [0.25, 0.3) is 0 Å². The van der Waals surface area contributed by atoms with Gasteiger partial charge in [0.15, 0.2) is 11.5 Å². The minimum Gasteiger partial charge on any atom is -0.462 e. The van der Waals surface area contributed by atoms with E-state index >= 15 is 0 Å². The number of fused-ring (bicyclic) bond motifs is 7. The van der Waals surface area contributed by atoms with Gasteiger partial charge in [0, 0.05) is 18.8 Å². The summed E-state index contributed by atoms with van der Waals surface area (Å²) in [5.74, 6) is 0.139. The lowest BCUT2D eigenvalue weighted by molar-refractivity contribution is -0.174. The summed E-state index contributed by atoms with van der Waals surface area (Å²) in [6.07, 6.45) is 8.66. The molecule has 34 heavy (non-hydrogen) atoms. The van der Waals surface area contributed by atoms with E-state index in [9.17, 15) is 14.4 Å². The summed E-state index contributed by atoms with van der Waals surface area (Å²) in [4.78, 5) is 43.4. The molecule has 0 aromatic rings. The van der Waals surface area contributed by atoms with Gasteiger partial charge in [-0.05, 0) is 75.5 Å². The van der Waals surface area contributed by atoms with E-state index in [-0.39, 0.29) is 52.8 Å². The van der Waals surface area contributed by atoms with Crippen molar-refractivity contribution in [3.05, 3.63) is 11.6 Å². The summed E-state index contributed by atoms with van der Waals surface area (Å²) in [6.45, 7) is 9.70. The Morgan fingerprint density at radius 2 is 1.91 bits per heavy atom. The quantitative estimate of drug-likeness (QED) is 0.446. The summed E-state index contributed by atoms with van der Waals surface area (Å²) < 4.78 is 10.8. The van der Waals surface area contributed by atoms with Gasteiger partial charge >= 0.3 is 11.9 Å². The second-order valence-electron chi connectivity index (χ2n) is 11.6. The molecule has 1 heterocycles. The molecule has 3 fully saturated rings. The third-order valence-electron chi connectivity index (χ3n) is 10.2. The second-order valence-corrected chi connectivity index (χ2v) is 11.6. The Hall–Kier alpha value is -2.18. The molecule has 0 aromatic carbocycles. The average Bonchev–Trinajstić information content (AvgIpc) is 3.28.